The van der Waals surface area contributed by atoms with Crippen LogP contribution < -0.4 is 193 Å². The Morgan fingerprint density at radius 2 is 1.11 bits per heavy atom. The molecular weight excluding hydrogens is 1710 g/mol. The van der Waals surface area contributed by atoms with Crippen LogP contribution in [-0.2, 0) is 38.2 Å². The standard InChI is InChI=1S/C23H25F3N6O3.C12H13ClF3N3O2.C11H13N3O.C10H12ClN3O2.C9H12O3S.CH2O3.2Cs.H/c1-15-11-31(14-28-15)17-4-3-16(9-18(17)33-2)29-21-27-10-19-20(30-21)32(12-23(24,25)26)22(13-35-19)5-7-34-8-6-22;13-10-17-5-8-9(18-10)19(6-12(14,15)16)11(7-21-8)1-3-20-4-2-11;1-8-6-14(7-13-8)10-4-3-9(12)5-11(10)15-2;11-9-12-5-7-8(13-9)14-10(6-16-7)1-3-15-4-2-10;1-3-12-13(10,11)9-6-4-8(2)5-7-9;2-1-4-3;;;/h3-4,9-11,14H,5-8,12-13H2,1-2H3,(H,27,29,30);5H,1-4,6-7H2;3-7H,12H2,1-2H3;5H,1-4,6H2,(H,12,13,14);4-7H,3H2,1-2H3;1,3H;;;/q;;;;;;2*+1;-1/p-1. The van der Waals surface area contributed by atoms with E-state index in [4.69, 9.17) is 76.9 Å². The van der Waals surface area contributed by atoms with Crippen molar-refractivity contribution in [1.82, 2.24) is 49.0 Å². The van der Waals surface area contributed by atoms with Crippen molar-refractivity contribution in [2.75, 3.05) is 120 Å². The Balaban J connectivity index is 0.000000216. The van der Waals surface area contributed by atoms with Gasteiger partial charge >= 0.3 is 150 Å². The van der Waals surface area contributed by atoms with Crippen LogP contribution in [0.4, 0.5) is 61.1 Å². The molecule has 564 valence electrons. The number of carbonyl (C=O) groups is 1. The molecule has 5 aromatic heterocycles. The average Bonchev–Trinajstić information content (AvgIpc) is 1.26. The molecule has 3 spiro atoms. The molecule has 29 nitrogen and oxygen atoms in total. The largest absolute Gasteiger partial charge is 1.00 e. The van der Waals surface area contributed by atoms with E-state index < -0.39 is 46.6 Å². The predicted molar refractivity (Wildman–Crippen MR) is 367 cm³/mol. The van der Waals surface area contributed by atoms with Crippen molar-refractivity contribution in [1.29, 1.82) is 0 Å². The van der Waals surface area contributed by atoms with E-state index in [2.05, 4.69) is 59.6 Å². The minimum absolute atomic E-state index is 0. The number of nitrogens with zero attached hydrogens (tertiary/aromatic N) is 12. The Bertz CT molecular complexity index is 4290. The molecule has 14 rings (SSSR count). The van der Waals surface area contributed by atoms with Crippen molar-refractivity contribution in [3.63, 3.8) is 0 Å². The van der Waals surface area contributed by atoms with Crippen LogP contribution in [-0.4, -0.2) is 186 Å². The molecular formula is C66H77Cl2Cs2F6N15O14S. The average molecular weight is 1790 g/mol. The Hall–Kier alpha value is -5.20. The summed E-state index contributed by atoms with van der Waals surface area (Å²) in [6.45, 7) is 9.08. The van der Waals surface area contributed by atoms with Crippen molar-refractivity contribution in [2.45, 2.75) is 100 Å². The number of nitrogen functional groups attached to an aromatic ring is 1. The number of hydrogen-bond donors (Lipinski definition) is 3. The summed E-state index contributed by atoms with van der Waals surface area (Å²) >= 11 is 11.5. The van der Waals surface area contributed by atoms with Crippen LogP contribution in [0.25, 0.3) is 11.4 Å². The van der Waals surface area contributed by atoms with E-state index in [1.54, 1.807) is 82.5 Å². The third-order valence-electron chi connectivity index (χ3n) is 16.9. The van der Waals surface area contributed by atoms with Gasteiger partial charge in [-0.15, -0.1) is 0 Å². The Morgan fingerprint density at radius 3 is 1.59 bits per heavy atom. The number of imidazole rings is 2. The van der Waals surface area contributed by atoms with Gasteiger partial charge < -0.3 is 84.8 Å². The number of ether oxygens (including phenoxy) is 8. The number of aryl methyl sites for hydroxylation is 3. The predicted octanol–water partition coefficient (Wildman–Crippen LogP) is 4.00. The van der Waals surface area contributed by atoms with Gasteiger partial charge in [0.15, 0.2) is 34.7 Å². The molecule has 40 heteroatoms. The van der Waals surface area contributed by atoms with Gasteiger partial charge in [0.1, 0.15) is 44.4 Å². The van der Waals surface area contributed by atoms with Gasteiger partial charge in [-0.05, 0) is 126 Å². The third kappa shape index (κ3) is 24.2. The van der Waals surface area contributed by atoms with E-state index in [0.29, 0.717) is 87.4 Å². The first-order valence-corrected chi connectivity index (χ1v) is 34.4. The van der Waals surface area contributed by atoms with E-state index >= 15 is 0 Å². The second kappa shape index (κ2) is 40.1. The minimum atomic E-state index is -4.41. The molecule has 0 saturated carbocycles. The first-order chi connectivity index (χ1) is 49.6. The van der Waals surface area contributed by atoms with Crippen molar-refractivity contribution in [3.8, 4) is 40.1 Å². The van der Waals surface area contributed by atoms with Crippen LogP contribution in [0.2, 0.25) is 10.6 Å². The van der Waals surface area contributed by atoms with Crippen LogP contribution in [0.5, 0.6) is 28.7 Å². The molecule has 0 radical (unpaired) electrons. The van der Waals surface area contributed by atoms with Gasteiger partial charge in [0.25, 0.3) is 16.6 Å². The first kappa shape index (κ1) is 88.0. The molecule has 0 atom stereocenters. The molecule has 0 amide bonds. The molecule has 4 N–H and O–H groups in total. The molecule has 3 aromatic carbocycles. The third-order valence-corrected chi connectivity index (χ3v) is 18.7. The summed E-state index contributed by atoms with van der Waals surface area (Å²) in [6.07, 6.45) is 6.39. The molecule has 3 fully saturated rings. The first-order valence-electron chi connectivity index (χ1n) is 32.2. The van der Waals surface area contributed by atoms with Crippen LogP contribution in [0.3, 0.4) is 0 Å². The fourth-order valence-electron chi connectivity index (χ4n) is 11.7. The van der Waals surface area contributed by atoms with E-state index in [0.717, 1.165) is 60.1 Å². The molecule has 6 aliphatic heterocycles. The number of hydrogen-bond acceptors (Lipinski definition) is 27. The summed E-state index contributed by atoms with van der Waals surface area (Å²) in [6, 6.07) is 17.5. The van der Waals surface area contributed by atoms with Crippen LogP contribution in [0.15, 0.2) is 109 Å². The summed E-state index contributed by atoms with van der Waals surface area (Å²) in [5.41, 5.74) is 9.91. The number of nitrogens with one attached hydrogen (secondary N) is 2. The van der Waals surface area contributed by atoms with Gasteiger partial charge in [0.2, 0.25) is 16.5 Å². The smallest absolute Gasteiger partial charge is 1.00 e. The van der Waals surface area contributed by atoms with Gasteiger partial charge in [0, 0.05) is 75.5 Å². The van der Waals surface area contributed by atoms with Crippen molar-refractivity contribution in [2.24, 2.45) is 0 Å². The topological polar surface area (TPSA) is 336 Å². The number of anilines is 6. The second-order valence-corrected chi connectivity index (χ2v) is 26.5. The summed E-state index contributed by atoms with van der Waals surface area (Å²) in [5.74, 6) is 3.49. The van der Waals surface area contributed by atoms with E-state index in [-0.39, 0.29) is 216 Å². The van der Waals surface area contributed by atoms with Crippen LogP contribution >= 0.6 is 23.2 Å². The van der Waals surface area contributed by atoms with E-state index in [9.17, 15) is 34.8 Å². The zero-order valence-electron chi connectivity index (χ0n) is 60.2. The summed E-state index contributed by atoms with van der Waals surface area (Å²) in [5, 5.41) is 15.0. The zero-order valence-corrected chi connectivity index (χ0v) is 74.1. The fraction of sp³-hybridized carbons (Fsp3) is 0.439. The number of benzene rings is 3. The SMILES string of the molecule is CCOS(=O)(=O)c1ccc(C)cc1.COc1cc(N)ccc1-n1cnc(C)c1.COc1cc(Nc2ncc3c(n2)N(CC(F)(F)F)C2(CCOCC2)CO3)ccc1-n1cnc(C)c1.Clc1ncc2c(n1)NC1(CCOCC1)CO2.FC(F)(F)CN1c2nc(Cl)ncc2OCC12CCOCC2.O=CO[O-].[Cs+].[Cs+].[H-]. The summed E-state index contributed by atoms with van der Waals surface area (Å²) < 4.78 is 155. The number of alkyl halides is 6. The fourth-order valence-corrected chi connectivity index (χ4v) is 12.9. The maximum Gasteiger partial charge on any atom is 1.00 e. The number of fused-ring (bicyclic) bond motifs is 3. The molecule has 11 heterocycles. The molecule has 3 saturated heterocycles. The van der Waals surface area contributed by atoms with Crippen molar-refractivity contribution >= 4 is 74.6 Å². The van der Waals surface area contributed by atoms with E-state index in [1.807, 2.05) is 60.5 Å². The van der Waals surface area contributed by atoms with E-state index in [1.165, 1.54) is 22.2 Å². The maximum atomic E-state index is 13.6. The van der Waals surface area contributed by atoms with Crippen molar-refractivity contribution < 1.29 is 231 Å². The van der Waals surface area contributed by atoms with Gasteiger partial charge in [0.05, 0.1) is 96.3 Å². The Morgan fingerprint density at radius 1 is 0.651 bits per heavy atom. The Kier molecular flexibility index (Phi) is 33.3. The molecule has 0 unspecified atom stereocenters. The zero-order chi connectivity index (χ0) is 74.9. The van der Waals surface area contributed by atoms with Crippen molar-refractivity contribution in [3.05, 3.63) is 132 Å². The molecule has 106 heavy (non-hydrogen) atoms. The number of aromatic nitrogens is 10. The Labute approximate surface area is 736 Å². The summed E-state index contributed by atoms with van der Waals surface area (Å²) in [4.78, 5) is 46.9. The van der Waals surface area contributed by atoms with Crippen LogP contribution in [0, 0.1) is 20.8 Å². The number of rotatable bonds is 12. The molecule has 8 aromatic rings. The molecule has 0 bridgehead atoms. The normalized spacial score (nSPS) is 16.2. The number of carbonyl (C=O) groups excluding carboxylic acids is 1. The quantitative estimate of drug-likeness (QED) is 0.0296. The maximum absolute atomic E-state index is 13.6. The van der Waals surface area contributed by atoms with Gasteiger partial charge in [-0.3, -0.25) is 8.98 Å². The number of nitrogens with two attached hydrogens (primary N) is 1. The van der Waals surface area contributed by atoms with Gasteiger partial charge in [-0.1, -0.05) is 17.7 Å². The van der Waals surface area contributed by atoms with Gasteiger partial charge in [-0.25, -0.2) is 24.9 Å². The minimum Gasteiger partial charge on any atom is -1.00 e. The number of methoxy groups -OCH3 is 2. The number of halogens is 8. The van der Waals surface area contributed by atoms with Crippen LogP contribution in [0.1, 0.15) is 63.8 Å². The summed E-state index contributed by atoms with van der Waals surface area (Å²) in [7, 11) is -0.343. The van der Waals surface area contributed by atoms with Gasteiger partial charge in [-0.2, -0.15) is 49.7 Å². The second-order valence-electron chi connectivity index (χ2n) is 24.2. The molecule has 0 aliphatic carbocycles. The monoisotopic (exact) mass is 1790 g/mol. The molecule has 6 aliphatic rings.